The monoisotopic (exact) mass is 559 g/mol. The molecule has 1 N–H and O–H groups in total. The maximum absolute atomic E-state index is 6.74. The number of halogens is 2. The number of fused-ring (bicyclic) bond motifs is 2. The molecule has 5 rings (SSSR count). The normalized spacial score (nSPS) is 12.5. The summed E-state index contributed by atoms with van der Waals surface area (Å²) in [6, 6.07) is 22.5. The fourth-order valence-electron chi connectivity index (χ4n) is 5.21. The van der Waals surface area contributed by atoms with E-state index in [0.717, 1.165) is 65.7 Å². The quantitative estimate of drug-likeness (QED) is 0.176. The second-order valence-corrected chi connectivity index (χ2v) is 10.9. The van der Waals surface area contributed by atoms with Crippen LogP contribution in [0.25, 0.3) is 33.2 Å². The molecule has 0 radical (unpaired) electrons. The second-order valence-electron chi connectivity index (χ2n) is 10.0. The van der Waals surface area contributed by atoms with Crippen LogP contribution in [0.4, 0.5) is 5.82 Å². The van der Waals surface area contributed by atoms with Gasteiger partial charge in [-0.15, -0.1) is 0 Å². The highest BCUT2D eigenvalue weighted by atomic mass is 35.5. The van der Waals surface area contributed by atoms with Gasteiger partial charge in [0.15, 0.2) is 5.82 Å². The average Bonchev–Trinajstić information content (AvgIpc) is 3.31. The van der Waals surface area contributed by atoms with Crippen molar-refractivity contribution in [2.45, 2.75) is 46.2 Å². The third-order valence-electron chi connectivity index (χ3n) is 7.35. The number of rotatable bonds is 11. The van der Waals surface area contributed by atoms with Crippen molar-refractivity contribution in [1.82, 2.24) is 19.4 Å². The van der Waals surface area contributed by atoms with Gasteiger partial charge in [0.1, 0.15) is 5.82 Å². The largest absolute Gasteiger partial charge is 0.367 e. The third kappa shape index (κ3) is 6.06. The molecule has 39 heavy (non-hydrogen) atoms. The van der Waals surface area contributed by atoms with Crippen molar-refractivity contribution in [2.75, 3.05) is 25.0 Å². The number of nitrogens with one attached hydrogen (secondary N) is 1. The van der Waals surface area contributed by atoms with E-state index in [1.165, 1.54) is 5.56 Å². The fraction of sp³-hybridized carbons (Fsp3) is 0.312. The van der Waals surface area contributed by atoms with Gasteiger partial charge in [0.25, 0.3) is 0 Å². The highest BCUT2D eigenvalue weighted by molar-refractivity contribution is 6.36. The molecule has 0 aliphatic rings. The van der Waals surface area contributed by atoms with E-state index < -0.39 is 0 Å². The summed E-state index contributed by atoms with van der Waals surface area (Å²) in [6.07, 6.45) is 4.28. The van der Waals surface area contributed by atoms with E-state index >= 15 is 0 Å². The van der Waals surface area contributed by atoms with Crippen LogP contribution < -0.4 is 5.32 Å². The lowest BCUT2D eigenvalue weighted by molar-refractivity contribution is 0.295. The number of para-hydroxylation sites is 2. The Labute approximate surface area is 240 Å². The first-order chi connectivity index (χ1) is 19.0. The van der Waals surface area contributed by atoms with E-state index in [0.29, 0.717) is 22.4 Å². The number of anilines is 1. The Morgan fingerprint density at radius 3 is 2.33 bits per heavy atom. The minimum atomic E-state index is 0.249. The van der Waals surface area contributed by atoms with Gasteiger partial charge in [-0.1, -0.05) is 85.6 Å². The summed E-state index contributed by atoms with van der Waals surface area (Å²) in [6.45, 7) is 10.6. The molecule has 1 unspecified atom stereocenters. The summed E-state index contributed by atoms with van der Waals surface area (Å²) < 4.78 is 2.19. The van der Waals surface area contributed by atoms with E-state index in [1.807, 2.05) is 36.4 Å². The molecule has 0 aliphatic heterocycles. The predicted octanol–water partition coefficient (Wildman–Crippen LogP) is 8.53. The molecule has 0 spiro atoms. The van der Waals surface area contributed by atoms with Crippen LogP contribution >= 0.6 is 23.2 Å². The minimum absolute atomic E-state index is 0.249. The molecule has 0 fully saturated rings. The zero-order chi connectivity index (χ0) is 27.4. The molecule has 0 saturated carbocycles. The minimum Gasteiger partial charge on any atom is -0.367 e. The van der Waals surface area contributed by atoms with Crippen molar-refractivity contribution in [3.05, 3.63) is 88.5 Å². The van der Waals surface area contributed by atoms with Crippen LogP contribution in [0.1, 0.15) is 39.2 Å². The molecule has 5 nitrogen and oxygen atoms in total. The predicted molar refractivity (Wildman–Crippen MR) is 166 cm³/mol. The third-order valence-corrected chi connectivity index (χ3v) is 7.96. The zero-order valence-electron chi connectivity index (χ0n) is 22.8. The van der Waals surface area contributed by atoms with Gasteiger partial charge in [0.05, 0.1) is 21.1 Å². The molecule has 5 aromatic rings. The van der Waals surface area contributed by atoms with Crippen molar-refractivity contribution in [3.8, 4) is 11.4 Å². The molecule has 7 heteroatoms. The first kappa shape index (κ1) is 27.4. The SMILES string of the molecule is CCN(CC)CCCC(C)Nc1nc(-c2cn(Cc3ccccc3)c3c(Cl)cccc23)nc2c(Cl)cccc12. The van der Waals surface area contributed by atoms with Crippen LogP contribution in [-0.4, -0.2) is 45.1 Å². The summed E-state index contributed by atoms with van der Waals surface area (Å²) >= 11 is 13.4. The van der Waals surface area contributed by atoms with Gasteiger partial charge in [-0.2, -0.15) is 0 Å². The highest BCUT2D eigenvalue weighted by Crippen LogP contribution is 2.36. The molecule has 0 aliphatic carbocycles. The number of nitrogens with zero attached hydrogens (tertiary/aromatic N) is 4. The van der Waals surface area contributed by atoms with Crippen molar-refractivity contribution >= 4 is 50.8 Å². The van der Waals surface area contributed by atoms with Crippen LogP contribution in [0.3, 0.4) is 0 Å². The van der Waals surface area contributed by atoms with Gasteiger partial charge in [0, 0.05) is 35.1 Å². The van der Waals surface area contributed by atoms with E-state index in [-0.39, 0.29) is 6.04 Å². The molecule has 2 aromatic heterocycles. The van der Waals surface area contributed by atoms with Gasteiger partial charge < -0.3 is 14.8 Å². The Hall–Kier alpha value is -3.12. The summed E-state index contributed by atoms with van der Waals surface area (Å²) in [7, 11) is 0. The Balaban J connectivity index is 1.54. The molecule has 2 heterocycles. The summed E-state index contributed by atoms with van der Waals surface area (Å²) in [4.78, 5) is 12.5. The van der Waals surface area contributed by atoms with Gasteiger partial charge >= 0.3 is 0 Å². The van der Waals surface area contributed by atoms with Crippen LogP contribution in [-0.2, 0) is 6.54 Å². The standard InChI is InChI=1S/C32H35Cl2N5/c1-4-38(5-2)19-11-12-22(3)35-31-25-16-10-17-27(33)29(25)36-32(37-31)26-21-39(20-23-13-7-6-8-14-23)30-24(26)15-9-18-28(30)34/h6-10,13-18,21-22H,4-5,11-12,19-20H2,1-3H3,(H,35,36,37). The smallest absolute Gasteiger partial charge is 0.164 e. The maximum Gasteiger partial charge on any atom is 0.164 e. The molecule has 0 saturated heterocycles. The van der Waals surface area contributed by atoms with Gasteiger partial charge in [-0.3, -0.25) is 0 Å². The Bertz CT molecular complexity index is 1560. The molecular weight excluding hydrogens is 525 g/mol. The molecule has 0 amide bonds. The number of hydrogen-bond donors (Lipinski definition) is 1. The molecule has 202 valence electrons. The Kier molecular flexibility index (Phi) is 8.71. The summed E-state index contributed by atoms with van der Waals surface area (Å²) in [5, 5.41) is 6.93. The Morgan fingerprint density at radius 1 is 0.872 bits per heavy atom. The van der Waals surface area contributed by atoms with Gasteiger partial charge in [-0.25, -0.2) is 9.97 Å². The summed E-state index contributed by atoms with van der Waals surface area (Å²) in [5.41, 5.74) is 3.85. The Morgan fingerprint density at radius 2 is 1.59 bits per heavy atom. The first-order valence-corrected chi connectivity index (χ1v) is 14.5. The topological polar surface area (TPSA) is 46.0 Å². The number of hydrogen-bond acceptors (Lipinski definition) is 4. The second kappa shape index (κ2) is 12.4. The van der Waals surface area contributed by atoms with Gasteiger partial charge in [-0.05, 0) is 63.2 Å². The molecule has 1 atom stereocenters. The lowest BCUT2D eigenvalue weighted by Gasteiger charge is -2.20. The van der Waals surface area contributed by atoms with Crippen LogP contribution in [0.5, 0.6) is 0 Å². The average molecular weight is 561 g/mol. The van der Waals surface area contributed by atoms with Gasteiger partial charge in [0.2, 0.25) is 0 Å². The highest BCUT2D eigenvalue weighted by Gasteiger charge is 2.19. The van der Waals surface area contributed by atoms with Crippen molar-refractivity contribution in [3.63, 3.8) is 0 Å². The van der Waals surface area contributed by atoms with Crippen LogP contribution in [0, 0.1) is 0 Å². The van der Waals surface area contributed by atoms with Crippen LogP contribution in [0.15, 0.2) is 72.9 Å². The lowest BCUT2D eigenvalue weighted by atomic mass is 10.1. The number of aromatic nitrogens is 3. The van der Waals surface area contributed by atoms with Crippen molar-refractivity contribution in [2.24, 2.45) is 0 Å². The molecule has 3 aromatic carbocycles. The van der Waals surface area contributed by atoms with Crippen molar-refractivity contribution in [1.29, 1.82) is 0 Å². The molecule has 0 bridgehead atoms. The van der Waals surface area contributed by atoms with E-state index in [1.54, 1.807) is 0 Å². The lowest BCUT2D eigenvalue weighted by Crippen LogP contribution is -2.25. The van der Waals surface area contributed by atoms with E-state index in [2.05, 4.69) is 72.1 Å². The van der Waals surface area contributed by atoms with E-state index in [9.17, 15) is 0 Å². The fourth-order valence-corrected chi connectivity index (χ4v) is 5.71. The van der Waals surface area contributed by atoms with E-state index in [4.69, 9.17) is 33.2 Å². The molecular formula is C32H35Cl2N5. The summed E-state index contributed by atoms with van der Waals surface area (Å²) in [5.74, 6) is 1.44. The zero-order valence-corrected chi connectivity index (χ0v) is 24.3. The number of benzene rings is 3. The first-order valence-electron chi connectivity index (χ1n) is 13.7. The van der Waals surface area contributed by atoms with Crippen LogP contribution in [0.2, 0.25) is 10.0 Å². The van der Waals surface area contributed by atoms with Crippen molar-refractivity contribution < 1.29 is 0 Å². The maximum atomic E-state index is 6.74.